The second-order valence-corrected chi connectivity index (χ2v) is 3.76. The van der Waals surface area contributed by atoms with Crippen LogP contribution in [0, 0.1) is 11.6 Å². The summed E-state index contributed by atoms with van der Waals surface area (Å²) in [7, 11) is 0. The maximum atomic E-state index is 13.6. The van der Waals surface area contributed by atoms with Crippen LogP contribution in [0.4, 0.5) is 8.78 Å². The van der Waals surface area contributed by atoms with Crippen LogP contribution in [0.3, 0.4) is 0 Å². The van der Waals surface area contributed by atoms with Crippen LogP contribution in [0.1, 0.15) is 12.5 Å². The summed E-state index contributed by atoms with van der Waals surface area (Å²) in [6, 6.07) is 3.07. The highest BCUT2D eigenvalue weighted by atomic mass is 19.1. The monoisotopic (exact) mass is 251 g/mol. The van der Waals surface area contributed by atoms with Crippen LogP contribution < -0.4 is 0 Å². The Kier molecular flexibility index (Phi) is 3.47. The van der Waals surface area contributed by atoms with E-state index in [2.05, 4.69) is 10.1 Å². The zero-order chi connectivity index (χ0) is 13.1. The van der Waals surface area contributed by atoms with Crippen LogP contribution in [0.25, 0.3) is 11.8 Å². The van der Waals surface area contributed by atoms with Gasteiger partial charge in [-0.15, -0.1) is 0 Å². The van der Waals surface area contributed by atoms with Gasteiger partial charge in [-0.25, -0.2) is 18.4 Å². The van der Waals surface area contributed by atoms with Gasteiger partial charge < -0.3 is 5.11 Å². The summed E-state index contributed by atoms with van der Waals surface area (Å²) < 4.78 is 28.1. The van der Waals surface area contributed by atoms with E-state index in [0.29, 0.717) is 0 Å². The smallest absolute Gasteiger partial charge is 0.138 e. The molecule has 1 heterocycles. The van der Waals surface area contributed by atoms with Gasteiger partial charge in [-0.1, -0.05) is 0 Å². The molecular formula is C12H11F2N3O. The highest BCUT2D eigenvalue weighted by Crippen LogP contribution is 2.23. The molecule has 0 aliphatic rings. The van der Waals surface area contributed by atoms with Crippen molar-refractivity contribution in [1.29, 1.82) is 0 Å². The topological polar surface area (TPSA) is 50.9 Å². The molecule has 0 bridgehead atoms. The molecule has 1 aromatic heterocycles. The van der Waals surface area contributed by atoms with E-state index in [1.165, 1.54) is 30.5 Å². The molecule has 0 fully saturated rings. The number of aliphatic hydroxyl groups is 1. The largest absolute Gasteiger partial charge is 0.389 e. The highest BCUT2D eigenvalue weighted by molar-refractivity contribution is 5.77. The molecule has 0 saturated carbocycles. The van der Waals surface area contributed by atoms with Gasteiger partial charge in [-0.2, -0.15) is 5.10 Å². The lowest BCUT2D eigenvalue weighted by atomic mass is 10.0. The van der Waals surface area contributed by atoms with Crippen LogP contribution >= 0.6 is 0 Å². The molecular weight excluding hydrogens is 240 g/mol. The molecule has 1 N–H and O–H groups in total. The lowest BCUT2D eigenvalue weighted by Gasteiger charge is -2.12. The number of halogens is 2. The Morgan fingerprint density at radius 2 is 2.22 bits per heavy atom. The summed E-state index contributed by atoms with van der Waals surface area (Å²) >= 11 is 0. The van der Waals surface area contributed by atoms with Crippen molar-refractivity contribution >= 4 is 11.8 Å². The quantitative estimate of drug-likeness (QED) is 0.906. The predicted molar refractivity (Wildman–Crippen MR) is 62.2 cm³/mol. The van der Waals surface area contributed by atoms with Gasteiger partial charge in [0.25, 0.3) is 0 Å². The van der Waals surface area contributed by atoms with E-state index in [1.54, 1.807) is 0 Å². The third-order valence-corrected chi connectivity index (χ3v) is 2.40. The molecule has 2 aromatic rings. The van der Waals surface area contributed by atoms with Gasteiger partial charge in [0.1, 0.15) is 24.3 Å². The molecule has 4 nitrogen and oxygen atoms in total. The van der Waals surface area contributed by atoms with Crippen LogP contribution in [0.5, 0.6) is 0 Å². The second-order valence-electron chi connectivity index (χ2n) is 3.76. The van der Waals surface area contributed by atoms with Gasteiger partial charge in [-0.05, 0) is 25.1 Å². The number of benzene rings is 1. The van der Waals surface area contributed by atoms with E-state index < -0.39 is 17.7 Å². The minimum atomic E-state index is -0.967. The van der Waals surface area contributed by atoms with Crippen molar-refractivity contribution in [2.24, 2.45) is 0 Å². The summed E-state index contributed by atoms with van der Waals surface area (Å²) in [6.45, 7) is 1.47. The van der Waals surface area contributed by atoms with E-state index >= 15 is 0 Å². The fourth-order valence-electron chi connectivity index (χ4n) is 1.55. The maximum absolute atomic E-state index is 13.6. The molecule has 94 valence electrons. The van der Waals surface area contributed by atoms with Gasteiger partial charge in [-0.3, -0.25) is 0 Å². The number of aromatic nitrogens is 3. The molecule has 1 atom stereocenters. The van der Waals surface area contributed by atoms with Crippen molar-refractivity contribution in [3.8, 4) is 0 Å². The number of hydrogen-bond acceptors (Lipinski definition) is 3. The van der Waals surface area contributed by atoms with Crippen molar-refractivity contribution in [3.05, 3.63) is 48.1 Å². The SMILES string of the molecule is C[C@@H](O)C(=Cn1cncn1)c1cc(F)ccc1F. The van der Waals surface area contributed by atoms with Gasteiger partial charge >= 0.3 is 0 Å². The normalized spacial score (nSPS) is 13.7. The first kappa shape index (κ1) is 12.4. The van der Waals surface area contributed by atoms with Gasteiger partial charge in [0.05, 0.1) is 6.10 Å². The molecule has 18 heavy (non-hydrogen) atoms. The Morgan fingerprint density at radius 3 is 2.83 bits per heavy atom. The van der Waals surface area contributed by atoms with Crippen molar-refractivity contribution < 1.29 is 13.9 Å². The minimum absolute atomic E-state index is 0.000463. The number of rotatable bonds is 3. The second kappa shape index (κ2) is 5.05. The van der Waals surface area contributed by atoms with Crippen LogP contribution in [0.15, 0.2) is 30.9 Å². The van der Waals surface area contributed by atoms with Crippen molar-refractivity contribution in [2.75, 3.05) is 0 Å². The molecule has 0 radical (unpaired) electrons. The third kappa shape index (κ3) is 2.60. The summed E-state index contributed by atoms with van der Waals surface area (Å²) in [4.78, 5) is 3.73. The average Bonchev–Trinajstić information content (AvgIpc) is 2.82. The number of aliphatic hydroxyl groups excluding tert-OH is 1. The summed E-state index contributed by atoms with van der Waals surface area (Å²) in [5.74, 6) is -1.18. The number of nitrogens with zero attached hydrogens (tertiary/aromatic N) is 3. The van der Waals surface area contributed by atoms with Crippen LogP contribution in [0.2, 0.25) is 0 Å². The zero-order valence-corrected chi connectivity index (χ0v) is 9.59. The fourth-order valence-corrected chi connectivity index (χ4v) is 1.55. The molecule has 0 aliphatic heterocycles. The van der Waals surface area contributed by atoms with E-state index in [9.17, 15) is 13.9 Å². The van der Waals surface area contributed by atoms with Gasteiger partial charge in [0.2, 0.25) is 0 Å². The molecule has 0 saturated heterocycles. The van der Waals surface area contributed by atoms with Crippen molar-refractivity contribution in [3.63, 3.8) is 0 Å². The Bertz CT molecular complexity index is 565. The van der Waals surface area contributed by atoms with Crippen molar-refractivity contribution in [2.45, 2.75) is 13.0 Å². The van der Waals surface area contributed by atoms with E-state index in [0.717, 1.165) is 18.2 Å². The molecule has 0 unspecified atom stereocenters. The zero-order valence-electron chi connectivity index (χ0n) is 9.59. The Morgan fingerprint density at radius 1 is 1.44 bits per heavy atom. The first-order valence-electron chi connectivity index (χ1n) is 5.27. The van der Waals surface area contributed by atoms with Crippen LogP contribution in [-0.2, 0) is 0 Å². The molecule has 0 aliphatic carbocycles. The average molecular weight is 251 g/mol. The fraction of sp³-hybridized carbons (Fsp3) is 0.167. The predicted octanol–water partition coefficient (Wildman–Crippen LogP) is 1.94. The lowest BCUT2D eigenvalue weighted by molar-refractivity contribution is 0.253. The van der Waals surface area contributed by atoms with Crippen LogP contribution in [-0.4, -0.2) is 26.0 Å². The summed E-state index contributed by atoms with van der Waals surface area (Å²) in [6.07, 6.45) is 3.12. The van der Waals surface area contributed by atoms with Crippen molar-refractivity contribution in [1.82, 2.24) is 14.8 Å². The summed E-state index contributed by atoms with van der Waals surface area (Å²) in [5.41, 5.74) is 0.220. The maximum Gasteiger partial charge on any atom is 0.138 e. The Hall–Kier alpha value is -2.08. The Labute approximate surface area is 102 Å². The van der Waals surface area contributed by atoms with Gasteiger partial charge in [0, 0.05) is 17.3 Å². The van der Waals surface area contributed by atoms with E-state index in [1.807, 2.05) is 0 Å². The summed E-state index contributed by atoms with van der Waals surface area (Å²) in [5, 5.41) is 13.5. The first-order valence-corrected chi connectivity index (χ1v) is 5.27. The first-order chi connectivity index (χ1) is 8.58. The molecule has 6 heteroatoms. The van der Waals surface area contributed by atoms with E-state index in [4.69, 9.17) is 0 Å². The third-order valence-electron chi connectivity index (χ3n) is 2.40. The molecule has 0 spiro atoms. The number of hydrogen-bond donors (Lipinski definition) is 1. The molecule has 2 rings (SSSR count). The van der Waals surface area contributed by atoms with E-state index in [-0.39, 0.29) is 11.1 Å². The lowest BCUT2D eigenvalue weighted by Crippen LogP contribution is -2.07. The Balaban J connectivity index is 2.51. The molecule has 0 amide bonds. The minimum Gasteiger partial charge on any atom is -0.389 e. The molecule has 1 aromatic carbocycles. The standard InChI is InChI=1S/C12H11F2N3O/c1-8(18)11(5-17-7-15-6-16-17)10-4-9(13)2-3-12(10)14/h2-8,18H,1H3/t8-/m1/s1. The van der Waals surface area contributed by atoms with Gasteiger partial charge in [0.15, 0.2) is 0 Å². The highest BCUT2D eigenvalue weighted by Gasteiger charge is 2.14.